The van der Waals surface area contributed by atoms with Crippen molar-refractivity contribution in [1.29, 1.82) is 0 Å². The highest BCUT2D eigenvalue weighted by Crippen LogP contribution is 2.31. The van der Waals surface area contributed by atoms with E-state index >= 15 is 0 Å². The summed E-state index contributed by atoms with van der Waals surface area (Å²) in [7, 11) is 0. The maximum absolute atomic E-state index is 5.47. The van der Waals surface area contributed by atoms with E-state index in [-0.39, 0.29) is 0 Å². The van der Waals surface area contributed by atoms with Crippen LogP contribution in [0.4, 0.5) is 5.69 Å². The molecule has 92 valence electrons. The first kappa shape index (κ1) is 10.9. The number of benzene rings is 1. The lowest BCUT2D eigenvalue weighted by Gasteiger charge is -2.20. The molecule has 2 aliphatic heterocycles. The minimum atomic E-state index is 0.735. The molecule has 17 heavy (non-hydrogen) atoms. The lowest BCUT2D eigenvalue weighted by Crippen LogP contribution is -2.25. The lowest BCUT2D eigenvalue weighted by atomic mass is 10.0. The molecule has 1 N–H and O–H groups in total. The molecule has 1 aromatic rings. The van der Waals surface area contributed by atoms with Crippen LogP contribution in [0.2, 0.25) is 0 Å². The third kappa shape index (κ3) is 2.12. The van der Waals surface area contributed by atoms with Crippen molar-refractivity contribution in [1.82, 2.24) is 5.32 Å². The van der Waals surface area contributed by atoms with Crippen LogP contribution in [0.25, 0.3) is 0 Å². The van der Waals surface area contributed by atoms with E-state index < -0.39 is 0 Å². The lowest BCUT2D eigenvalue weighted by molar-refractivity contribution is 0.340. The van der Waals surface area contributed by atoms with Crippen LogP contribution in [0.1, 0.15) is 6.92 Å². The monoisotopic (exact) mass is 232 g/mol. The summed E-state index contributed by atoms with van der Waals surface area (Å²) in [5, 5.41) is 3.48. The van der Waals surface area contributed by atoms with Gasteiger partial charge in [-0.3, -0.25) is 0 Å². The Hall–Kier alpha value is -1.22. The summed E-state index contributed by atoms with van der Waals surface area (Å²) in [6, 6.07) is 8.51. The number of anilines is 1. The van der Waals surface area contributed by atoms with Gasteiger partial charge < -0.3 is 15.0 Å². The molecule has 2 heterocycles. The molecule has 3 nitrogen and oxygen atoms in total. The second-order valence-corrected chi connectivity index (χ2v) is 5.01. The second-order valence-electron chi connectivity index (χ2n) is 5.01. The van der Waals surface area contributed by atoms with Crippen LogP contribution in [-0.4, -0.2) is 32.8 Å². The van der Waals surface area contributed by atoms with E-state index in [1.54, 1.807) is 0 Å². The molecule has 3 rings (SSSR count). The standard InChI is InChI=1S/C14H20N2O/c1-2-17-14-5-3-13(4-6-14)16-9-11-7-15-8-12(11)10-16/h3-6,11-12,15H,2,7-10H2,1H3/t11-,12+. The molecule has 3 heteroatoms. The van der Waals surface area contributed by atoms with E-state index in [9.17, 15) is 0 Å². The average molecular weight is 232 g/mol. The van der Waals surface area contributed by atoms with E-state index in [0.29, 0.717) is 0 Å². The molecule has 0 radical (unpaired) electrons. The number of ether oxygens (including phenoxy) is 1. The van der Waals surface area contributed by atoms with Gasteiger partial charge >= 0.3 is 0 Å². The molecule has 0 aromatic heterocycles. The molecule has 1 aromatic carbocycles. The summed E-state index contributed by atoms with van der Waals surface area (Å²) >= 11 is 0. The highest BCUT2D eigenvalue weighted by atomic mass is 16.5. The largest absolute Gasteiger partial charge is 0.494 e. The Morgan fingerprint density at radius 2 is 1.82 bits per heavy atom. The molecule has 2 fully saturated rings. The Kier molecular flexibility index (Phi) is 2.93. The molecule has 2 atom stereocenters. The first-order valence-electron chi connectivity index (χ1n) is 6.55. The first-order chi connectivity index (χ1) is 8.36. The van der Waals surface area contributed by atoms with E-state index in [4.69, 9.17) is 4.74 Å². The number of hydrogen-bond donors (Lipinski definition) is 1. The predicted molar refractivity (Wildman–Crippen MR) is 69.7 cm³/mol. The summed E-state index contributed by atoms with van der Waals surface area (Å²) in [5.41, 5.74) is 1.34. The van der Waals surface area contributed by atoms with Gasteiger partial charge in [-0.15, -0.1) is 0 Å². The Labute approximate surface area is 103 Å². The van der Waals surface area contributed by atoms with Crippen LogP contribution in [0.3, 0.4) is 0 Å². The molecule has 0 amide bonds. The fourth-order valence-corrected chi connectivity index (χ4v) is 2.99. The number of fused-ring (bicyclic) bond motifs is 1. The van der Waals surface area contributed by atoms with Crippen molar-refractivity contribution >= 4 is 5.69 Å². The molecular formula is C14H20N2O. The maximum atomic E-state index is 5.47. The Balaban J connectivity index is 1.68. The van der Waals surface area contributed by atoms with Gasteiger partial charge in [0, 0.05) is 31.9 Å². The van der Waals surface area contributed by atoms with E-state index in [1.165, 1.54) is 31.9 Å². The van der Waals surface area contributed by atoms with Gasteiger partial charge in [0.2, 0.25) is 0 Å². The highest BCUT2D eigenvalue weighted by Gasteiger charge is 2.35. The summed E-state index contributed by atoms with van der Waals surface area (Å²) in [5.74, 6) is 2.67. The van der Waals surface area contributed by atoms with E-state index in [1.807, 2.05) is 6.92 Å². The van der Waals surface area contributed by atoms with Gasteiger partial charge in [0.1, 0.15) is 5.75 Å². The van der Waals surface area contributed by atoms with Gasteiger partial charge in [-0.1, -0.05) is 0 Å². The fourth-order valence-electron chi connectivity index (χ4n) is 2.99. The van der Waals surface area contributed by atoms with Crippen molar-refractivity contribution in [3.63, 3.8) is 0 Å². The molecule has 0 spiro atoms. The van der Waals surface area contributed by atoms with Crippen molar-refractivity contribution in [2.45, 2.75) is 6.92 Å². The van der Waals surface area contributed by atoms with Gasteiger partial charge in [-0.05, 0) is 43.0 Å². The van der Waals surface area contributed by atoms with Crippen LogP contribution >= 0.6 is 0 Å². The topological polar surface area (TPSA) is 24.5 Å². The smallest absolute Gasteiger partial charge is 0.119 e. The Morgan fingerprint density at radius 1 is 1.18 bits per heavy atom. The summed E-state index contributed by atoms with van der Waals surface area (Å²) < 4.78 is 5.47. The Morgan fingerprint density at radius 3 is 2.41 bits per heavy atom. The number of rotatable bonds is 3. The van der Waals surface area contributed by atoms with Crippen molar-refractivity contribution < 1.29 is 4.74 Å². The Bertz CT molecular complexity index is 364. The van der Waals surface area contributed by atoms with E-state index in [2.05, 4.69) is 34.5 Å². The van der Waals surface area contributed by atoms with Crippen molar-refractivity contribution in [3.05, 3.63) is 24.3 Å². The van der Waals surface area contributed by atoms with E-state index in [0.717, 1.165) is 24.2 Å². The number of hydrogen-bond acceptors (Lipinski definition) is 3. The average Bonchev–Trinajstić information content (AvgIpc) is 2.90. The van der Waals surface area contributed by atoms with Gasteiger partial charge in [0.15, 0.2) is 0 Å². The zero-order chi connectivity index (χ0) is 11.7. The van der Waals surface area contributed by atoms with Gasteiger partial charge in [0.25, 0.3) is 0 Å². The molecule has 2 saturated heterocycles. The summed E-state index contributed by atoms with van der Waals surface area (Å²) in [4.78, 5) is 2.51. The normalized spacial score (nSPS) is 27.2. The second kappa shape index (κ2) is 4.57. The van der Waals surface area contributed by atoms with Crippen LogP contribution in [-0.2, 0) is 0 Å². The predicted octanol–water partition coefficient (Wildman–Crippen LogP) is 1.74. The third-order valence-corrected chi connectivity index (χ3v) is 3.90. The summed E-state index contributed by atoms with van der Waals surface area (Å²) in [6.07, 6.45) is 0. The minimum absolute atomic E-state index is 0.735. The molecule has 0 bridgehead atoms. The zero-order valence-corrected chi connectivity index (χ0v) is 10.4. The molecule has 0 saturated carbocycles. The zero-order valence-electron chi connectivity index (χ0n) is 10.4. The highest BCUT2D eigenvalue weighted by molar-refractivity contribution is 5.50. The van der Waals surface area contributed by atoms with Gasteiger partial charge in [-0.2, -0.15) is 0 Å². The minimum Gasteiger partial charge on any atom is -0.494 e. The van der Waals surface area contributed by atoms with Crippen molar-refractivity contribution in [2.24, 2.45) is 11.8 Å². The number of nitrogens with one attached hydrogen (secondary N) is 1. The van der Waals surface area contributed by atoms with Crippen molar-refractivity contribution in [2.75, 3.05) is 37.7 Å². The van der Waals surface area contributed by atoms with Gasteiger partial charge in [-0.25, -0.2) is 0 Å². The molecule has 2 aliphatic rings. The first-order valence-corrected chi connectivity index (χ1v) is 6.55. The molecule has 0 aliphatic carbocycles. The van der Waals surface area contributed by atoms with Crippen LogP contribution < -0.4 is 15.0 Å². The third-order valence-electron chi connectivity index (χ3n) is 3.90. The maximum Gasteiger partial charge on any atom is 0.119 e. The quantitative estimate of drug-likeness (QED) is 0.859. The van der Waals surface area contributed by atoms with Crippen LogP contribution in [0.15, 0.2) is 24.3 Å². The molecule has 0 unspecified atom stereocenters. The molecular weight excluding hydrogens is 212 g/mol. The van der Waals surface area contributed by atoms with Crippen LogP contribution in [0, 0.1) is 11.8 Å². The van der Waals surface area contributed by atoms with Crippen molar-refractivity contribution in [3.8, 4) is 5.75 Å². The number of nitrogens with zero attached hydrogens (tertiary/aromatic N) is 1. The fraction of sp³-hybridized carbons (Fsp3) is 0.571. The van der Waals surface area contributed by atoms with Gasteiger partial charge in [0.05, 0.1) is 6.61 Å². The summed E-state index contributed by atoms with van der Waals surface area (Å²) in [6.45, 7) is 7.54. The van der Waals surface area contributed by atoms with Crippen LogP contribution in [0.5, 0.6) is 5.75 Å². The SMILES string of the molecule is CCOc1ccc(N2C[C@H]3CNC[C@H]3C2)cc1.